The lowest BCUT2D eigenvalue weighted by Gasteiger charge is -2.27. The molecule has 21 heavy (non-hydrogen) atoms. The predicted octanol–water partition coefficient (Wildman–Crippen LogP) is 3.29. The second kappa shape index (κ2) is 6.72. The maximum Gasteiger partial charge on any atom is 0.231 e. The van der Waals surface area contributed by atoms with E-state index >= 15 is 0 Å². The van der Waals surface area contributed by atoms with E-state index in [1.54, 1.807) is 0 Å². The molecular weight excluding hydrogens is 266 g/mol. The molecule has 0 saturated carbocycles. The summed E-state index contributed by atoms with van der Waals surface area (Å²) in [6.45, 7) is 6.76. The number of hydrogen-bond donors (Lipinski definition) is 1. The zero-order valence-corrected chi connectivity index (χ0v) is 12.9. The molecule has 0 amide bonds. The fourth-order valence-corrected chi connectivity index (χ4v) is 2.50. The van der Waals surface area contributed by atoms with E-state index < -0.39 is 5.60 Å². The lowest BCUT2D eigenvalue weighted by Crippen LogP contribution is -2.29. The fraction of sp³-hybridized carbons (Fsp3) is 0.500. The van der Waals surface area contributed by atoms with Crippen molar-refractivity contribution in [1.29, 1.82) is 0 Å². The summed E-state index contributed by atoms with van der Waals surface area (Å²) < 4.78 is 11.3. The molecule has 2 aromatic rings. The highest BCUT2D eigenvalue weighted by atomic mass is 16.5. The van der Waals surface area contributed by atoms with E-state index in [0.717, 1.165) is 24.1 Å². The van der Waals surface area contributed by atoms with Crippen LogP contribution < -0.4 is 5.73 Å². The van der Waals surface area contributed by atoms with Crippen LogP contribution in [-0.4, -0.2) is 16.7 Å². The van der Waals surface area contributed by atoms with Gasteiger partial charge in [0.15, 0.2) is 0 Å². The van der Waals surface area contributed by atoms with Crippen LogP contribution in [0.15, 0.2) is 28.8 Å². The number of nitrogens with two attached hydrogens (primary N) is 1. The number of ether oxygens (including phenoxy) is 1. The van der Waals surface area contributed by atoms with Crippen molar-refractivity contribution in [3.8, 4) is 0 Å². The van der Waals surface area contributed by atoms with Crippen LogP contribution >= 0.6 is 0 Å². The van der Waals surface area contributed by atoms with Crippen LogP contribution in [0.5, 0.6) is 0 Å². The van der Waals surface area contributed by atoms with Gasteiger partial charge in [-0.2, -0.15) is 4.98 Å². The third-order valence-corrected chi connectivity index (χ3v) is 3.74. The summed E-state index contributed by atoms with van der Waals surface area (Å²) in [7, 11) is 0. The van der Waals surface area contributed by atoms with Gasteiger partial charge >= 0.3 is 0 Å². The Hall–Kier alpha value is -1.88. The number of aromatic nitrogens is 2. The van der Waals surface area contributed by atoms with E-state index in [4.69, 9.17) is 15.0 Å². The van der Waals surface area contributed by atoms with E-state index in [-0.39, 0.29) is 0 Å². The number of rotatable bonds is 7. The van der Waals surface area contributed by atoms with Crippen molar-refractivity contribution >= 4 is 5.69 Å². The summed E-state index contributed by atoms with van der Waals surface area (Å²) in [5.41, 5.74) is 7.12. The molecule has 0 unspecified atom stereocenters. The molecule has 1 aromatic heterocycles. The van der Waals surface area contributed by atoms with E-state index in [9.17, 15) is 0 Å². The van der Waals surface area contributed by atoms with E-state index in [1.807, 2.05) is 31.2 Å². The lowest BCUT2D eigenvalue weighted by atomic mass is 9.96. The third kappa shape index (κ3) is 3.42. The zero-order valence-electron chi connectivity index (χ0n) is 12.9. The summed E-state index contributed by atoms with van der Waals surface area (Å²) in [4.78, 5) is 4.52. The first-order valence-corrected chi connectivity index (χ1v) is 7.45. The minimum atomic E-state index is -0.452. The van der Waals surface area contributed by atoms with Gasteiger partial charge in [-0.3, -0.25) is 0 Å². The molecule has 0 radical (unpaired) electrons. The Labute approximate surface area is 125 Å². The summed E-state index contributed by atoms with van der Waals surface area (Å²) in [6.07, 6.45) is 2.21. The number of nitrogens with zero attached hydrogens (tertiary/aromatic N) is 2. The Bertz CT molecular complexity index is 576. The van der Waals surface area contributed by atoms with Crippen LogP contribution in [0, 0.1) is 0 Å². The summed E-state index contributed by atoms with van der Waals surface area (Å²) in [5.74, 6) is 1.22. The molecule has 0 fully saturated rings. The second-order valence-corrected chi connectivity index (χ2v) is 5.07. The van der Waals surface area contributed by atoms with Crippen molar-refractivity contribution in [2.75, 3.05) is 12.3 Å². The smallest absolute Gasteiger partial charge is 0.231 e. The normalized spacial score (nSPS) is 11.8. The van der Waals surface area contributed by atoms with Gasteiger partial charge in [0.25, 0.3) is 0 Å². The van der Waals surface area contributed by atoms with Gasteiger partial charge < -0.3 is 15.0 Å². The molecule has 0 bridgehead atoms. The van der Waals surface area contributed by atoms with Crippen LogP contribution in [0.25, 0.3) is 0 Å². The fourth-order valence-electron chi connectivity index (χ4n) is 2.50. The molecule has 0 aliphatic carbocycles. The highest BCUT2D eigenvalue weighted by Crippen LogP contribution is 2.31. The predicted molar refractivity (Wildman–Crippen MR) is 81.8 cm³/mol. The number of benzene rings is 1. The molecule has 0 atom stereocenters. The van der Waals surface area contributed by atoms with Gasteiger partial charge in [0.1, 0.15) is 5.60 Å². The van der Waals surface area contributed by atoms with Crippen LogP contribution in [0.3, 0.4) is 0 Å². The molecular formula is C16H23N3O2. The molecule has 0 saturated heterocycles. The minimum Gasteiger partial charge on any atom is -0.399 e. The first kappa shape index (κ1) is 15.5. The van der Waals surface area contributed by atoms with E-state index in [1.165, 1.54) is 0 Å². The molecule has 0 spiro atoms. The Morgan fingerprint density at radius 2 is 2.00 bits per heavy atom. The maximum atomic E-state index is 5.89. The zero-order chi connectivity index (χ0) is 15.3. The SMILES string of the molecule is CCOC(CC)(CC)c1noc(Cc2cccc(N)c2)n1. The Kier molecular flexibility index (Phi) is 4.96. The van der Waals surface area contributed by atoms with Gasteiger partial charge in [0.2, 0.25) is 11.7 Å². The minimum absolute atomic E-state index is 0.452. The second-order valence-electron chi connectivity index (χ2n) is 5.07. The van der Waals surface area contributed by atoms with Gasteiger partial charge in [0.05, 0.1) is 6.42 Å². The Balaban J connectivity index is 2.20. The van der Waals surface area contributed by atoms with Crippen molar-refractivity contribution < 1.29 is 9.26 Å². The van der Waals surface area contributed by atoms with Crippen molar-refractivity contribution in [1.82, 2.24) is 10.1 Å². The average molecular weight is 289 g/mol. The molecule has 1 aromatic carbocycles. The molecule has 114 valence electrons. The molecule has 2 rings (SSSR count). The summed E-state index contributed by atoms with van der Waals surface area (Å²) in [6, 6.07) is 7.69. The van der Waals surface area contributed by atoms with E-state index in [0.29, 0.717) is 24.7 Å². The Morgan fingerprint density at radius 3 is 2.62 bits per heavy atom. The first-order chi connectivity index (χ1) is 10.1. The van der Waals surface area contributed by atoms with Crippen LogP contribution in [0.4, 0.5) is 5.69 Å². The Morgan fingerprint density at radius 1 is 1.24 bits per heavy atom. The van der Waals surface area contributed by atoms with E-state index in [2.05, 4.69) is 24.0 Å². The van der Waals surface area contributed by atoms with Gasteiger partial charge in [-0.05, 0) is 37.5 Å². The van der Waals surface area contributed by atoms with Crippen LogP contribution in [0.1, 0.15) is 50.9 Å². The maximum absolute atomic E-state index is 5.89. The highest BCUT2D eigenvalue weighted by molar-refractivity contribution is 5.41. The molecule has 5 nitrogen and oxygen atoms in total. The van der Waals surface area contributed by atoms with Crippen LogP contribution in [0.2, 0.25) is 0 Å². The quantitative estimate of drug-likeness (QED) is 0.792. The van der Waals surface area contributed by atoms with Crippen molar-refractivity contribution in [2.45, 2.75) is 45.6 Å². The molecule has 2 N–H and O–H groups in total. The lowest BCUT2D eigenvalue weighted by molar-refractivity contribution is -0.0583. The number of nitrogen functional groups attached to an aromatic ring is 1. The highest BCUT2D eigenvalue weighted by Gasteiger charge is 2.34. The topological polar surface area (TPSA) is 74.2 Å². The van der Waals surface area contributed by atoms with Gasteiger partial charge in [-0.25, -0.2) is 0 Å². The monoisotopic (exact) mass is 289 g/mol. The van der Waals surface area contributed by atoms with Crippen LogP contribution in [-0.2, 0) is 16.8 Å². The van der Waals surface area contributed by atoms with Crippen molar-refractivity contribution in [2.24, 2.45) is 0 Å². The molecule has 1 heterocycles. The number of hydrogen-bond acceptors (Lipinski definition) is 5. The molecule has 5 heteroatoms. The largest absolute Gasteiger partial charge is 0.399 e. The number of anilines is 1. The van der Waals surface area contributed by atoms with Crippen molar-refractivity contribution in [3.63, 3.8) is 0 Å². The molecule has 0 aliphatic rings. The van der Waals surface area contributed by atoms with Gasteiger partial charge in [0, 0.05) is 12.3 Å². The van der Waals surface area contributed by atoms with Gasteiger partial charge in [-0.1, -0.05) is 31.1 Å². The summed E-state index contributed by atoms with van der Waals surface area (Å²) >= 11 is 0. The molecule has 0 aliphatic heterocycles. The summed E-state index contributed by atoms with van der Waals surface area (Å²) in [5, 5.41) is 4.13. The standard InChI is InChI=1S/C16H23N3O2/c1-4-16(5-2,20-6-3)15-18-14(21-19-15)11-12-8-7-9-13(17)10-12/h7-10H,4-6,11,17H2,1-3H3. The first-order valence-electron chi connectivity index (χ1n) is 7.45. The average Bonchev–Trinajstić information content (AvgIpc) is 2.94. The van der Waals surface area contributed by atoms with Gasteiger partial charge in [-0.15, -0.1) is 0 Å². The third-order valence-electron chi connectivity index (χ3n) is 3.74. The van der Waals surface area contributed by atoms with Crippen molar-refractivity contribution in [3.05, 3.63) is 41.5 Å².